The Hall–Kier alpha value is -3.95. The number of nitrogens with one attached hydrogen (secondary N) is 2. The molecule has 0 bridgehead atoms. The molecule has 2 N–H and O–H groups in total. The fourth-order valence-corrected chi connectivity index (χ4v) is 3.81. The summed E-state index contributed by atoms with van der Waals surface area (Å²) in [5.74, 6) is 0.757. The Morgan fingerprint density at radius 3 is 2.46 bits per heavy atom. The van der Waals surface area contributed by atoms with Gasteiger partial charge in [-0.05, 0) is 66.2 Å². The number of hydrogen-bond donors (Lipinski definition) is 2. The van der Waals surface area contributed by atoms with Gasteiger partial charge in [-0.2, -0.15) is 0 Å². The maximum atomic E-state index is 12.5. The van der Waals surface area contributed by atoms with E-state index in [1.807, 2.05) is 24.3 Å². The van der Waals surface area contributed by atoms with Crippen LogP contribution < -0.4 is 20.1 Å². The Bertz CT molecular complexity index is 1310. The van der Waals surface area contributed by atoms with Crippen LogP contribution >= 0.6 is 22.9 Å². The molecule has 1 heterocycles. The van der Waals surface area contributed by atoms with Crippen LogP contribution in [0.2, 0.25) is 5.02 Å². The predicted molar refractivity (Wildman–Crippen MR) is 134 cm³/mol. The highest BCUT2D eigenvalue weighted by molar-refractivity contribution is 7.13. The van der Waals surface area contributed by atoms with Gasteiger partial charge in [0.15, 0.2) is 5.01 Å². The summed E-state index contributed by atoms with van der Waals surface area (Å²) in [6, 6.07) is 21.0. The molecule has 0 aliphatic carbocycles. The molecule has 2 amide bonds. The number of hydrogen-bond acceptors (Lipinski definition) is 7. The zero-order chi connectivity index (χ0) is 24.6. The molecule has 8 nitrogen and oxygen atoms in total. The second kappa shape index (κ2) is 11.5. The summed E-state index contributed by atoms with van der Waals surface area (Å²) in [5.41, 5.74) is 1.94. The van der Waals surface area contributed by atoms with Gasteiger partial charge >= 0.3 is 0 Å². The molecule has 178 valence electrons. The largest absolute Gasteiger partial charge is 0.497 e. The number of anilines is 1. The van der Waals surface area contributed by atoms with Crippen LogP contribution in [0, 0.1) is 0 Å². The molecular formula is C25H21ClN4O4S. The average Bonchev–Trinajstić information content (AvgIpc) is 3.37. The van der Waals surface area contributed by atoms with E-state index in [9.17, 15) is 9.59 Å². The summed E-state index contributed by atoms with van der Waals surface area (Å²) in [4.78, 5) is 25.0. The molecule has 4 aromatic rings. The van der Waals surface area contributed by atoms with Gasteiger partial charge in [0.25, 0.3) is 11.8 Å². The number of benzene rings is 3. The van der Waals surface area contributed by atoms with E-state index in [1.54, 1.807) is 55.6 Å². The minimum atomic E-state index is -0.393. The lowest BCUT2D eigenvalue weighted by atomic mass is 10.1. The van der Waals surface area contributed by atoms with Crippen LogP contribution in [0.25, 0.3) is 0 Å². The topological polar surface area (TPSA) is 102 Å². The van der Waals surface area contributed by atoms with Gasteiger partial charge in [0.2, 0.25) is 5.01 Å². The lowest BCUT2D eigenvalue weighted by Gasteiger charge is -2.08. The average molecular weight is 509 g/mol. The number of rotatable bonds is 9. The first-order valence-corrected chi connectivity index (χ1v) is 11.7. The summed E-state index contributed by atoms with van der Waals surface area (Å²) in [6.07, 6.45) is 0. The Morgan fingerprint density at radius 1 is 0.943 bits per heavy atom. The van der Waals surface area contributed by atoms with Crippen molar-refractivity contribution in [1.82, 2.24) is 15.5 Å². The lowest BCUT2D eigenvalue weighted by Crippen LogP contribution is -2.22. The molecule has 0 saturated heterocycles. The van der Waals surface area contributed by atoms with Crippen LogP contribution in [0.15, 0.2) is 72.8 Å². The molecule has 0 atom stereocenters. The lowest BCUT2D eigenvalue weighted by molar-refractivity contribution is 0.0950. The second-order valence-corrected chi connectivity index (χ2v) is 8.81. The first kappa shape index (κ1) is 24.2. The number of amides is 2. The maximum absolute atomic E-state index is 12.5. The number of ether oxygens (including phenoxy) is 2. The van der Waals surface area contributed by atoms with Gasteiger partial charge in [0, 0.05) is 22.8 Å². The molecule has 10 heteroatoms. The van der Waals surface area contributed by atoms with E-state index in [1.165, 1.54) is 0 Å². The first-order valence-electron chi connectivity index (χ1n) is 10.5. The van der Waals surface area contributed by atoms with Gasteiger partial charge in [-0.3, -0.25) is 9.59 Å². The fraction of sp³-hybridized carbons (Fsp3) is 0.120. The van der Waals surface area contributed by atoms with Crippen molar-refractivity contribution in [2.75, 3.05) is 12.4 Å². The van der Waals surface area contributed by atoms with E-state index in [0.29, 0.717) is 33.6 Å². The van der Waals surface area contributed by atoms with E-state index in [4.69, 9.17) is 21.1 Å². The molecule has 0 radical (unpaired) electrons. The van der Waals surface area contributed by atoms with Crippen molar-refractivity contribution in [3.8, 4) is 11.5 Å². The van der Waals surface area contributed by atoms with Crippen LogP contribution in [-0.2, 0) is 13.2 Å². The molecule has 0 unspecified atom stereocenters. The van der Waals surface area contributed by atoms with E-state index < -0.39 is 5.91 Å². The highest BCUT2D eigenvalue weighted by Gasteiger charge is 2.14. The second-order valence-electron chi connectivity index (χ2n) is 7.31. The third-order valence-electron chi connectivity index (χ3n) is 4.83. The molecule has 0 spiro atoms. The standard InChI is InChI=1S/C25H21ClN4O4S/c1-33-21-4-2-3-16(13-21)14-27-23(31)17-5-9-19(10-6-17)28-24(32)25-30-29-22(35-25)15-34-20-11-7-18(26)8-12-20/h2-13H,14-15H2,1H3,(H,27,31)(H,28,32). The Balaban J connectivity index is 1.28. The van der Waals surface area contributed by atoms with E-state index in [-0.39, 0.29) is 17.5 Å². The Morgan fingerprint density at radius 2 is 1.71 bits per heavy atom. The SMILES string of the molecule is COc1cccc(CNC(=O)c2ccc(NC(=O)c3nnc(COc4ccc(Cl)cc4)s3)cc2)c1. The molecule has 0 aliphatic heterocycles. The van der Waals surface area contributed by atoms with Crippen molar-refractivity contribution in [2.24, 2.45) is 0 Å². The highest BCUT2D eigenvalue weighted by atomic mass is 35.5. The van der Waals surface area contributed by atoms with Crippen molar-refractivity contribution >= 4 is 40.4 Å². The van der Waals surface area contributed by atoms with Gasteiger partial charge < -0.3 is 20.1 Å². The first-order chi connectivity index (χ1) is 17.0. The van der Waals surface area contributed by atoms with Crippen LogP contribution in [0.5, 0.6) is 11.5 Å². The van der Waals surface area contributed by atoms with Gasteiger partial charge in [-0.15, -0.1) is 10.2 Å². The number of carbonyl (C=O) groups is 2. The molecule has 0 saturated carbocycles. The monoisotopic (exact) mass is 508 g/mol. The van der Waals surface area contributed by atoms with Crippen molar-refractivity contribution in [3.63, 3.8) is 0 Å². The summed E-state index contributed by atoms with van der Waals surface area (Å²) in [7, 11) is 1.60. The third kappa shape index (κ3) is 6.78. The molecule has 0 aliphatic rings. The van der Waals surface area contributed by atoms with E-state index in [2.05, 4.69) is 20.8 Å². The van der Waals surface area contributed by atoms with Crippen molar-refractivity contribution < 1.29 is 19.1 Å². The minimum absolute atomic E-state index is 0.187. The molecule has 3 aromatic carbocycles. The molecule has 35 heavy (non-hydrogen) atoms. The number of halogens is 1. The smallest absolute Gasteiger partial charge is 0.286 e. The maximum Gasteiger partial charge on any atom is 0.286 e. The van der Waals surface area contributed by atoms with Crippen LogP contribution in [0.1, 0.15) is 30.7 Å². The van der Waals surface area contributed by atoms with Crippen molar-refractivity contribution in [3.05, 3.63) is 99.0 Å². The van der Waals surface area contributed by atoms with Gasteiger partial charge in [-0.1, -0.05) is 35.1 Å². The highest BCUT2D eigenvalue weighted by Crippen LogP contribution is 2.19. The summed E-state index contributed by atoms with van der Waals surface area (Å²) in [6.45, 7) is 0.557. The predicted octanol–water partition coefficient (Wildman–Crippen LogP) is 4.96. The summed E-state index contributed by atoms with van der Waals surface area (Å²) in [5, 5.41) is 14.9. The van der Waals surface area contributed by atoms with E-state index in [0.717, 1.165) is 22.6 Å². The Labute approximate surface area is 210 Å². The van der Waals surface area contributed by atoms with Gasteiger partial charge in [0.05, 0.1) is 7.11 Å². The van der Waals surface area contributed by atoms with Gasteiger partial charge in [-0.25, -0.2) is 0 Å². The summed E-state index contributed by atoms with van der Waals surface area (Å²) < 4.78 is 10.8. The zero-order valence-electron chi connectivity index (χ0n) is 18.7. The summed E-state index contributed by atoms with van der Waals surface area (Å²) >= 11 is 7.00. The molecule has 0 fully saturated rings. The minimum Gasteiger partial charge on any atom is -0.497 e. The molecular weight excluding hydrogens is 488 g/mol. The zero-order valence-corrected chi connectivity index (χ0v) is 20.2. The van der Waals surface area contributed by atoms with Gasteiger partial charge in [0.1, 0.15) is 18.1 Å². The number of methoxy groups -OCH3 is 1. The van der Waals surface area contributed by atoms with E-state index >= 15 is 0 Å². The normalized spacial score (nSPS) is 10.5. The number of nitrogens with zero attached hydrogens (tertiary/aromatic N) is 2. The van der Waals surface area contributed by atoms with Crippen LogP contribution in [-0.4, -0.2) is 29.1 Å². The van der Waals surface area contributed by atoms with Crippen LogP contribution in [0.3, 0.4) is 0 Å². The van der Waals surface area contributed by atoms with Crippen molar-refractivity contribution in [1.29, 1.82) is 0 Å². The fourth-order valence-electron chi connectivity index (χ4n) is 3.04. The molecule has 1 aromatic heterocycles. The number of carbonyl (C=O) groups excluding carboxylic acids is 2. The van der Waals surface area contributed by atoms with Crippen LogP contribution in [0.4, 0.5) is 5.69 Å². The Kier molecular flexibility index (Phi) is 7.92. The third-order valence-corrected chi connectivity index (χ3v) is 5.98. The van der Waals surface area contributed by atoms with Crippen molar-refractivity contribution in [2.45, 2.75) is 13.2 Å². The quantitative estimate of drug-likeness (QED) is 0.331. The number of aromatic nitrogens is 2. The molecule has 4 rings (SSSR count).